The largest absolute Gasteiger partial charge is 0.390 e. The summed E-state index contributed by atoms with van der Waals surface area (Å²) < 4.78 is 0. The van der Waals surface area contributed by atoms with Crippen molar-refractivity contribution in [2.45, 2.75) is 13.8 Å². The van der Waals surface area contributed by atoms with E-state index in [1.807, 2.05) is 13.8 Å². The second-order valence-electron chi connectivity index (χ2n) is 3.86. The smallest absolute Gasteiger partial charge is 0.196 e. The molecular weight excluding hydrogens is 254 g/mol. The van der Waals surface area contributed by atoms with E-state index in [-0.39, 0.29) is 5.78 Å². The van der Waals surface area contributed by atoms with E-state index in [9.17, 15) is 4.79 Å². The maximum absolute atomic E-state index is 12.3. The van der Waals surface area contributed by atoms with Gasteiger partial charge in [0.1, 0.15) is 0 Å². The minimum atomic E-state index is -0.0407. The van der Waals surface area contributed by atoms with Crippen LogP contribution in [-0.4, -0.2) is 5.78 Å². The van der Waals surface area contributed by atoms with Gasteiger partial charge in [0.15, 0.2) is 5.78 Å². The predicted molar refractivity (Wildman–Crippen MR) is 73.1 cm³/mol. The molecule has 0 saturated carbocycles. The number of thiophene rings is 1. The number of nitrogen functional groups attached to an aromatic ring is 1. The van der Waals surface area contributed by atoms with Crippen LogP contribution in [0.15, 0.2) is 24.3 Å². The summed E-state index contributed by atoms with van der Waals surface area (Å²) in [7, 11) is 0. The Bertz CT molecular complexity index is 572. The van der Waals surface area contributed by atoms with Gasteiger partial charge >= 0.3 is 0 Å². The van der Waals surface area contributed by atoms with Gasteiger partial charge in [-0.05, 0) is 43.7 Å². The zero-order valence-electron chi connectivity index (χ0n) is 9.58. The molecule has 2 rings (SSSR count). The molecule has 0 aliphatic rings. The predicted octanol–water partition coefficient (Wildman–Crippen LogP) is 3.83. The van der Waals surface area contributed by atoms with Crippen molar-refractivity contribution in [3.8, 4) is 0 Å². The van der Waals surface area contributed by atoms with Crippen LogP contribution in [-0.2, 0) is 0 Å². The van der Waals surface area contributed by atoms with Crippen LogP contribution >= 0.6 is 22.9 Å². The molecule has 0 saturated heterocycles. The summed E-state index contributed by atoms with van der Waals surface area (Å²) in [4.78, 5) is 13.4. The Morgan fingerprint density at radius 3 is 2.29 bits per heavy atom. The Balaban J connectivity index is 2.47. The average molecular weight is 266 g/mol. The van der Waals surface area contributed by atoms with Gasteiger partial charge in [-0.25, -0.2) is 0 Å². The van der Waals surface area contributed by atoms with E-state index in [4.69, 9.17) is 17.3 Å². The monoisotopic (exact) mass is 265 g/mol. The Hall–Kier alpha value is -1.32. The Kier molecular flexibility index (Phi) is 3.22. The van der Waals surface area contributed by atoms with Crippen LogP contribution in [0.2, 0.25) is 5.02 Å². The first kappa shape index (κ1) is 12.1. The van der Waals surface area contributed by atoms with Crippen LogP contribution in [0.4, 0.5) is 5.00 Å². The number of carbonyl (C=O) groups excluding carboxylic acids is 1. The molecule has 1 aromatic carbocycles. The fraction of sp³-hybridized carbons (Fsp3) is 0.154. The van der Waals surface area contributed by atoms with Crippen LogP contribution < -0.4 is 5.73 Å². The van der Waals surface area contributed by atoms with Crippen molar-refractivity contribution < 1.29 is 4.79 Å². The van der Waals surface area contributed by atoms with Gasteiger partial charge in [0, 0.05) is 15.5 Å². The van der Waals surface area contributed by atoms with Gasteiger partial charge in [0.25, 0.3) is 0 Å². The van der Waals surface area contributed by atoms with Crippen molar-refractivity contribution in [2.24, 2.45) is 0 Å². The second kappa shape index (κ2) is 4.51. The third-order valence-corrected chi connectivity index (χ3v) is 4.03. The number of nitrogens with two attached hydrogens (primary N) is 1. The molecule has 2 aromatic rings. The second-order valence-corrected chi connectivity index (χ2v) is 5.55. The molecule has 0 bridgehead atoms. The normalized spacial score (nSPS) is 10.5. The molecule has 1 heterocycles. The zero-order chi connectivity index (χ0) is 12.6. The summed E-state index contributed by atoms with van der Waals surface area (Å²) in [6.07, 6.45) is 0. The van der Waals surface area contributed by atoms with E-state index in [1.54, 1.807) is 24.3 Å². The maximum Gasteiger partial charge on any atom is 0.196 e. The molecule has 0 spiro atoms. The van der Waals surface area contributed by atoms with Crippen molar-refractivity contribution in [2.75, 3.05) is 5.73 Å². The van der Waals surface area contributed by atoms with Gasteiger partial charge in [-0.1, -0.05) is 11.6 Å². The number of halogens is 1. The van der Waals surface area contributed by atoms with Crippen LogP contribution in [0.3, 0.4) is 0 Å². The molecule has 0 amide bonds. The quantitative estimate of drug-likeness (QED) is 0.839. The Morgan fingerprint density at radius 2 is 1.82 bits per heavy atom. The van der Waals surface area contributed by atoms with E-state index in [2.05, 4.69) is 0 Å². The average Bonchev–Trinajstić information content (AvgIpc) is 2.53. The van der Waals surface area contributed by atoms with Crippen molar-refractivity contribution in [1.29, 1.82) is 0 Å². The lowest BCUT2D eigenvalue weighted by Gasteiger charge is -2.02. The third kappa shape index (κ3) is 2.21. The molecule has 1 aromatic heterocycles. The van der Waals surface area contributed by atoms with E-state index in [0.29, 0.717) is 21.2 Å². The van der Waals surface area contributed by atoms with Crippen LogP contribution in [0.25, 0.3) is 0 Å². The summed E-state index contributed by atoms with van der Waals surface area (Å²) in [6.45, 7) is 3.89. The highest BCUT2D eigenvalue weighted by Gasteiger charge is 2.18. The number of hydrogen-bond donors (Lipinski definition) is 1. The minimum absolute atomic E-state index is 0.0407. The first-order valence-electron chi connectivity index (χ1n) is 5.16. The number of ketones is 1. The molecule has 0 radical (unpaired) electrons. The van der Waals surface area contributed by atoms with E-state index in [1.165, 1.54) is 11.3 Å². The van der Waals surface area contributed by atoms with Crippen LogP contribution in [0.5, 0.6) is 0 Å². The summed E-state index contributed by atoms with van der Waals surface area (Å²) in [5.41, 5.74) is 8.08. The lowest BCUT2D eigenvalue weighted by molar-refractivity contribution is 0.103. The molecule has 0 aliphatic heterocycles. The van der Waals surface area contributed by atoms with Crippen molar-refractivity contribution >= 4 is 33.7 Å². The highest BCUT2D eigenvalue weighted by molar-refractivity contribution is 7.16. The topological polar surface area (TPSA) is 43.1 Å². The number of benzene rings is 1. The SMILES string of the molecule is Cc1sc(N)c(C(=O)c2ccc(Cl)cc2)c1C. The van der Waals surface area contributed by atoms with Crippen molar-refractivity contribution in [3.63, 3.8) is 0 Å². The molecule has 88 valence electrons. The lowest BCUT2D eigenvalue weighted by atomic mass is 10.0. The third-order valence-electron chi connectivity index (χ3n) is 2.75. The number of anilines is 1. The van der Waals surface area contributed by atoms with Gasteiger partial charge in [0.2, 0.25) is 0 Å². The van der Waals surface area contributed by atoms with E-state index >= 15 is 0 Å². The number of carbonyl (C=O) groups is 1. The molecule has 2 N–H and O–H groups in total. The van der Waals surface area contributed by atoms with Crippen molar-refractivity contribution in [3.05, 3.63) is 50.9 Å². The fourth-order valence-electron chi connectivity index (χ4n) is 1.68. The van der Waals surface area contributed by atoms with E-state index in [0.717, 1.165) is 10.4 Å². The maximum atomic E-state index is 12.3. The number of hydrogen-bond acceptors (Lipinski definition) is 3. The van der Waals surface area contributed by atoms with Crippen LogP contribution in [0, 0.1) is 13.8 Å². The Morgan fingerprint density at radius 1 is 1.24 bits per heavy atom. The fourth-order valence-corrected chi connectivity index (χ4v) is 2.74. The summed E-state index contributed by atoms with van der Waals surface area (Å²) >= 11 is 7.25. The van der Waals surface area contributed by atoms with Gasteiger partial charge in [-0.2, -0.15) is 0 Å². The Labute approximate surface area is 109 Å². The van der Waals surface area contributed by atoms with Gasteiger partial charge < -0.3 is 5.73 Å². The summed E-state index contributed by atoms with van der Waals surface area (Å²) in [6, 6.07) is 6.85. The molecule has 17 heavy (non-hydrogen) atoms. The zero-order valence-corrected chi connectivity index (χ0v) is 11.2. The molecule has 0 atom stereocenters. The van der Waals surface area contributed by atoms with Gasteiger partial charge in [-0.3, -0.25) is 4.79 Å². The molecule has 4 heteroatoms. The van der Waals surface area contributed by atoms with Crippen molar-refractivity contribution in [1.82, 2.24) is 0 Å². The molecule has 0 unspecified atom stereocenters. The molecule has 0 fully saturated rings. The standard InChI is InChI=1S/C13H12ClNOS/c1-7-8(2)17-13(15)11(7)12(16)9-3-5-10(14)6-4-9/h3-6H,15H2,1-2H3. The lowest BCUT2D eigenvalue weighted by Crippen LogP contribution is -2.04. The minimum Gasteiger partial charge on any atom is -0.390 e. The molecule has 2 nitrogen and oxygen atoms in total. The highest BCUT2D eigenvalue weighted by atomic mass is 35.5. The van der Waals surface area contributed by atoms with Crippen LogP contribution in [0.1, 0.15) is 26.4 Å². The number of aryl methyl sites for hydroxylation is 1. The summed E-state index contributed by atoms with van der Waals surface area (Å²) in [5, 5.41) is 1.20. The van der Waals surface area contributed by atoms with Gasteiger partial charge in [0.05, 0.1) is 10.6 Å². The first-order valence-corrected chi connectivity index (χ1v) is 6.36. The molecule has 0 aliphatic carbocycles. The molecular formula is C13H12ClNOS. The summed E-state index contributed by atoms with van der Waals surface area (Å²) in [5.74, 6) is -0.0407. The first-order chi connectivity index (χ1) is 8.00. The van der Waals surface area contributed by atoms with Gasteiger partial charge in [-0.15, -0.1) is 11.3 Å². The van der Waals surface area contributed by atoms with E-state index < -0.39 is 0 Å². The highest BCUT2D eigenvalue weighted by Crippen LogP contribution is 2.31. The number of rotatable bonds is 2.